The molecule has 2 atom stereocenters. The highest BCUT2D eigenvalue weighted by Gasteiger charge is 2.25. The van der Waals surface area contributed by atoms with Crippen molar-refractivity contribution in [1.82, 2.24) is 15.1 Å². The Balaban J connectivity index is 2.04. The first-order chi connectivity index (χ1) is 10.1. The molecule has 1 N–H and O–H groups in total. The van der Waals surface area contributed by atoms with Crippen molar-refractivity contribution in [2.45, 2.75) is 51.8 Å². The van der Waals surface area contributed by atoms with Gasteiger partial charge in [0.2, 0.25) is 0 Å². The second-order valence-electron chi connectivity index (χ2n) is 5.58. The van der Waals surface area contributed by atoms with Crippen LogP contribution in [-0.2, 0) is 14.3 Å². The van der Waals surface area contributed by atoms with Crippen LogP contribution in [-0.4, -0.2) is 41.6 Å². The summed E-state index contributed by atoms with van der Waals surface area (Å²) in [5.41, 5.74) is 0.833. The lowest BCUT2D eigenvalue weighted by atomic mass is 10.1. The van der Waals surface area contributed by atoms with Gasteiger partial charge in [0.05, 0.1) is 18.9 Å². The van der Waals surface area contributed by atoms with E-state index in [2.05, 4.69) is 24.3 Å². The van der Waals surface area contributed by atoms with Gasteiger partial charge in [0.25, 0.3) is 0 Å². The number of nitrogens with zero attached hydrogens (tertiary/aromatic N) is 2. The van der Waals surface area contributed by atoms with Gasteiger partial charge in [0.1, 0.15) is 6.04 Å². The Hall–Kier alpha value is -1.40. The van der Waals surface area contributed by atoms with Crippen molar-refractivity contribution in [3.05, 3.63) is 18.0 Å². The fourth-order valence-corrected chi connectivity index (χ4v) is 2.40. The lowest BCUT2D eigenvalue weighted by Crippen LogP contribution is -2.35. The number of esters is 1. The fourth-order valence-electron chi connectivity index (χ4n) is 2.40. The number of rotatable bonds is 7. The van der Waals surface area contributed by atoms with Crippen molar-refractivity contribution >= 4 is 5.97 Å². The molecule has 0 aromatic carbocycles. The van der Waals surface area contributed by atoms with Gasteiger partial charge in [-0.3, -0.25) is 10.00 Å². The van der Waals surface area contributed by atoms with Gasteiger partial charge in [-0.2, -0.15) is 5.10 Å². The van der Waals surface area contributed by atoms with Crippen LogP contribution in [0.5, 0.6) is 0 Å². The number of ether oxygens (including phenoxy) is 2. The molecule has 1 aliphatic heterocycles. The quantitative estimate of drug-likeness (QED) is 0.778. The van der Waals surface area contributed by atoms with E-state index in [-0.39, 0.29) is 18.1 Å². The lowest BCUT2D eigenvalue weighted by Gasteiger charge is -2.18. The van der Waals surface area contributed by atoms with Crippen molar-refractivity contribution in [2.75, 3.05) is 19.8 Å². The highest BCUT2D eigenvalue weighted by Crippen LogP contribution is 2.18. The standard InChI is InChI=1S/C15H25N3O3/c1-4-20-15(19)14(16-9-13-6-5-7-21-13)12-8-17-18(10-12)11(2)3/h8,10-11,13-14,16H,4-7,9H2,1-3H3. The molecule has 6 heteroatoms. The summed E-state index contributed by atoms with van der Waals surface area (Å²) in [5.74, 6) is -0.265. The van der Waals surface area contributed by atoms with Crippen molar-refractivity contribution < 1.29 is 14.3 Å². The van der Waals surface area contributed by atoms with Crippen LogP contribution in [0.2, 0.25) is 0 Å². The van der Waals surface area contributed by atoms with Crippen LogP contribution < -0.4 is 5.32 Å². The molecule has 6 nitrogen and oxygen atoms in total. The lowest BCUT2D eigenvalue weighted by molar-refractivity contribution is -0.146. The summed E-state index contributed by atoms with van der Waals surface area (Å²) in [4.78, 5) is 12.2. The molecule has 2 rings (SSSR count). The summed E-state index contributed by atoms with van der Waals surface area (Å²) in [7, 11) is 0. The Morgan fingerprint density at radius 1 is 1.62 bits per heavy atom. The summed E-state index contributed by atoms with van der Waals surface area (Å²) in [6.45, 7) is 7.74. The number of carbonyl (C=O) groups excluding carboxylic acids is 1. The third-order valence-electron chi connectivity index (χ3n) is 3.58. The van der Waals surface area contributed by atoms with Gasteiger partial charge in [0.15, 0.2) is 0 Å². The second kappa shape index (κ2) is 7.56. The Morgan fingerprint density at radius 2 is 2.43 bits per heavy atom. The molecule has 0 bridgehead atoms. The highest BCUT2D eigenvalue weighted by molar-refractivity contribution is 5.77. The summed E-state index contributed by atoms with van der Waals surface area (Å²) < 4.78 is 12.6. The van der Waals surface area contributed by atoms with E-state index in [1.165, 1.54) is 0 Å². The number of hydrogen-bond acceptors (Lipinski definition) is 5. The van der Waals surface area contributed by atoms with Crippen molar-refractivity contribution in [3.63, 3.8) is 0 Å². The van der Waals surface area contributed by atoms with Gasteiger partial charge in [0, 0.05) is 31.0 Å². The predicted molar refractivity (Wildman–Crippen MR) is 79.0 cm³/mol. The van der Waals surface area contributed by atoms with Crippen LogP contribution in [0.25, 0.3) is 0 Å². The van der Waals surface area contributed by atoms with Crippen molar-refractivity contribution in [2.24, 2.45) is 0 Å². The zero-order valence-corrected chi connectivity index (χ0v) is 13.0. The monoisotopic (exact) mass is 295 g/mol. The van der Waals surface area contributed by atoms with Crippen LogP contribution in [0.15, 0.2) is 12.4 Å². The summed E-state index contributed by atoms with van der Waals surface area (Å²) in [6.07, 6.45) is 5.93. The molecule has 0 amide bonds. The molecule has 1 saturated heterocycles. The van der Waals surface area contributed by atoms with E-state index in [9.17, 15) is 4.79 Å². The Labute approximate surface area is 125 Å². The molecule has 0 saturated carbocycles. The van der Waals surface area contributed by atoms with E-state index in [0.717, 1.165) is 25.0 Å². The molecule has 0 radical (unpaired) electrons. The van der Waals surface area contributed by atoms with E-state index < -0.39 is 6.04 Å². The van der Waals surface area contributed by atoms with Crippen LogP contribution in [0.4, 0.5) is 0 Å². The van der Waals surface area contributed by atoms with Crippen LogP contribution in [0.3, 0.4) is 0 Å². The first-order valence-corrected chi connectivity index (χ1v) is 7.67. The molecule has 1 fully saturated rings. The number of carbonyl (C=O) groups is 1. The molecule has 0 aliphatic carbocycles. The topological polar surface area (TPSA) is 65.4 Å². The Bertz CT molecular complexity index is 453. The normalized spacial score (nSPS) is 19.9. The molecule has 2 unspecified atom stereocenters. The minimum atomic E-state index is -0.485. The molecule has 1 aromatic heterocycles. The maximum atomic E-state index is 12.2. The van der Waals surface area contributed by atoms with Gasteiger partial charge < -0.3 is 9.47 Å². The molecule has 118 valence electrons. The fraction of sp³-hybridized carbons (Fsp3) is 0.733. The van der Waals surface area contributed by atoms with Gasteiger partial charge in [-0.15, -0.1) is 0 Å². The zero-order valence-electron chi connectivity index (χ0n) is 13.0. The maximum Gasteiger partial charge on any atom is 0.327 e. The maximum absolute atomic E-state index is 12.2. The van der Waals surface area contributed by atoms with Crippen molar-refractivity contribution in [3.8, 4) is 0 Å². The SMILES string of the molecule is CCOC(=O)C(NCC1CCCO1)c1cnn(C(C)C)c1. The Kier molecular flexibility index (Phi) is 5.76. The average Bonchev–Trinajstić information content (AvgIpc) is 3.10. The van der Waals surface area contributed by atoms with E-state index in [4.69, 9.17) is 9.47 Å². The third kappa shape index (κ3) is 4.28. The van der Waals surface area contributed by atoms with E-state index in [1.54, 1.807) is 6.20 Å². The third-order valence-corrected chi connectivity index (χ3v) is 3.58. The number of hydrogen-bond donors (Lipinski definition) is 1. The molecule has 1 aliphatic rings. The molecule has 0 spiro atoms. The number of nitrogens with one attached hydrogen (secondary N) is 1. The van der Waals surface area contributed by atoms with Crippen LogP contribution in [0.1, 0.15) is 51.3 Å². The zero-order chi connectivity index (χ0) is 15.2. The molecule has 1 aromatic rings. The van der Waals surface area contributed by atoms with Crippen LogP contribution >= 0.6 is 0 Å². The van der Waals surface area contributed by atoms with Crippen molar-refractivity contribution in [1.29, 1.82) is 0 Å². The summed E-state index contributed by atoms with van der Waals surface area (Å²) >= 11 is 0. The Morgan fingerprint density at radius 3 is 3.00 bits per heavy atom. The minimum absolute atomic E-state index is 0.182. The average molecular weight is 295 g/mol. The van der Waals surface area contributed by atoms with E-state index in [0.29, 0.717) is 13.2 Å². The van der Waals surface area contributed by atoms with Gasteiger partial charge in [-0.25, -0.2) is 4.79 Å². The smallest absolute Gasteiger partial charge is 0.327 e. The highest BCUT2D eigenvalue weighted by atomic mass is 16.5. The van der Waals surface area contributed by atoms with Gasteiger partial charge in [-0.1, -0.05) is 0 Å². The summed E-state index contributed by atoms with van der Waals surface area (Å²) in [6, 6.07) is -0.221. The van der Waals surface area contributed by atoms with E-state index in [1.807, 2.05) is 17.8 Å². The molecule has 2 heterocycles. The minimum Gasteiger partial charge on any atom is -0.465 e. The molecular weight excluding hydrogens is 270 g/mol. The molecule has 21 heavy (non-hydrogen) atoms. The predicted octanol–water partition coefficient (Wildman–Crippen LogP) is 1.84. The first-order valence-electron chi connectivity index (χ1n) is 7.67. The van der Waals surface area contributed by atoms with E-state index >= 15 is 0 Å². The summed E-state index contributed by atoms with van der Waals surface area (Å²) in [5, 5.41) is 7.56. The molecular formula is C15H25N3O3. The van der Waals surface area contributed by atoms with Gasteiger partial charge in [-0.05, 0) is 33.6 Å². The van der Waals surface area contributed by atoms with Crippen LogP contribution in [0, 0.1) is 0 Å². The van der Waals surface area contributed by atoms with Gasteiger partial charge >= 0.3 is 5.97 Å². The first kappa shape index (κ1) is 16.0. The largest absolute Gasteiger partial charge is 0.465 e. The second-order valence-corrected chi connectivity index (χ2v) is 5.58. The number of aromatic nitrogens is 2.